The molecule has 1 aromatic rings. The van der Waals surface area contributed by atoms with Crippen molar-refractivity contribution in [2.45, 2.75) is 48.0 Å². The summed E-state index contributed by atoms with van der Waals surface area (Å²) in [6.07, 6.45) is 2.73. The number of carbonyl (C=O) groups excluding carboxylic acids is 1. The first-order valence-electron chi connectivity index (χ1n) is 7.35. The molecule has 1 amide bonds. The number of carbonyl (C=O) groups is 1. The molecule has 0 aliphatic heterocycles. The van der Waals surface area contributed by atoms with Gasteiger partial charge in [-0.25, -0.2) is 0 Å². The minimum absolute atomic E-state index is 0.00234. The highest BCUT2D eigenvalue weighted by atomic mass is 16.1. The number of benzene rings is 1. The smallest absolute Gasteiger partial charge is 0.244 e. The Morgan fingerprint density at radius 1 is 1.20 bits per heavy atom. The van der Waals surface area contributed by atoms with E-state index in [9.17, 15) is 4.79 Å². The Bertz CT molecular complexity index is 489. The minimum atomic E-state index is 0.00234. The zero-order valence-electron chi connectivity index (χ0n) is 13.6. The number of aryl methyl sites for hydroxylation is 3. The second-order valence-electron chi connectivity index (χ2n) is 6.07. The summed E-state index contributed by atoms with van der Waals surface area (Å²) < 4.78 is 0. The lowest BCUT2D eigenvalue weighted by molar-refractivity contribution is -0.116. The van der Waals surface area contributed by atoms with Crippen LogP contribution in [0.15, 0.2) is 18.2 Å². The monoisotopic (exact) mass is 273 g/mol. The number of nitrogens with one attached hydrogen (secondary N) is 1. The highest BCUT2D eigenvalue weighted by Gasteiger charge is 2.07. The predicted octanol–water partition coefficient (Wildman–Crippen LogP) is 4.18. The third kappa shape index (κ3) is 4.84. The molecule has 0 unspecified atom stereocenters. The summed E-state index contributed by atoms with van der Waals surface area (Å²) >= 11 is 0. The van der Waals surface area contributed by atoms with E-state index in [2.05, 4.69) is 52.1 Å². The van der Waals surface area contributed by atoms with Crippen LogP contribution in [0.4, 0.5) is 0 Å². The SMILES string of the molecule is CC(=CC(=O)NCCC(C)C)c1c(C)cc(C)cc1C. The van der Waals surface area contributed by atoms with Crippen LogP contribution in [-0.4, -0.2) is 12.5 Å². The molecule has 0 heterocycles. The molecule has 0 aromatic heterocycles. The summed E-state index contributed by atoms with van der Waals surface area (Å²) in [6.45, 7) is 13.4. The van der Waals surface area contributed by atoms with E-state index < -0.39 is 0 Å². The lowest BCUT2D eigenvalue weighted by atomic mass is 9.94. The molecule has 20 heavy (non-hydrogen) atoms. The van der Waals surface area contributed by atoms with Crippen molar-refractivity contribution in [3.8, 4) is 0 Å². The number of hydrogen-bond donors (Lipinski definition) is 1. The summed E-state index contributed by atoms with van der Waals surface area (Å²) in [5, 5.41) is 2.95. The Hall–Kier alpha value is -1.57. The van der Waals surface area contributed by atoms with Gasteiger partial charge in [-0.1, -0.05) is 31.5 Å². The van der Waals surface area contributed by atoms with Crippen molar-refractivity contribution in [1.29, 1.82) is 0 Å². The summed E-state index contributed by atoms with van der Waals surface area (Å²) in [4.78, 5) is 11.9. The van der Waals surface area contributed by atoms with Crippen LogP contribution in [0.1, 0.15) is 49.4 Å². The zero-order valence-corrected chi connectivity index (χ0v) is 13.6. The van der Waals surface area contributed by atoms with Gasteiger partial charge in [0, 0.05) is 12.6 Å². The van der Waals surface area contributed by atoms with Crippen molar-refractivity contribution < 1.29 is 4.79 Å². The van der Waals surface area contributed by atoms with Gasteiger partial charge >= 0.3 is 0 Å². The maximum absolute atomic E-state index is 11.9. The highest BCUT2D eigenvalue weighted by molar-refractivity contribution is 5.95. The Labute approximate surface area is 123 Å². The molecule has 1 rings (SSSR count). The first-order chi connectivity index (χ1) is 9.31. The molecule has 0 spiro atoms. The number of allylic oxidation sites excluding steroid dienone is 1. The lowest BCUT2D eigenvalue weighted by Crippen LogP contribution is -2.23. The topological polar surface area (TPSA) is 29.1 Å². The van der Waals surface area contributed by atoms with Crippen molar-refractivity contribution in [1.82, 2.24) is 5.32 Å². The van der Waals surface area contributed by atoms with Crippen LogP contribution in [0.2, 0.25) is 0 Å². The van der Waals surface area contributed by atoms with Gasteiger partial charge in [-0.15, -0.1) is 0 Å². The fourth-order valence-electron chi connectivity index (χ4n) is 2.61. The van der Waals surface area contributed by atoms with Gasteiger partial charge in [-0.2, -0.15) is 0 Å². The van der Waals surface area contributed by atoms with E-state index in [0.29, 0.717) is 5.92 Å². The molecule has 0 aliphatic carbocycles. The molecular weight excluding hydrogens is 246 g/mol. The maximum Gasteiger partial charge on any atom is 0.244 e. The molecule has 0 fully saturated rings. The summed E-state index contributed by atoms with van der Waals surface area (Å²) in [6, 6.07) is 4.33. The van der Waals surface area contributed by atoms with Gasteiger partial charge in [0.1, 0.15) is 0 Å². The van der Waals surface area contributed by atoms with Crippen molar-refractivity contribution in [2.24, 2.45) is 5.92 Å². The molecule has 0 bridgehead atoms. The number of amides is 1. The molecule has 1 N–H and O–H groups in total. The summed E-state index contributed by atoms with van der Waals surface area (Å²) in [5.41, 5.74) is 5.94. The second-order valence-corrected chi connectivity index (χ2v) is 6.07. The fraction of sp³-hybridized carbons (Fsp3) is 0.500. The Balaban J connectivity index is 2.81. The third-order valence-electron chi connectivity index (χ3n) is 3.44. The van der Waals surface area contributed by atoms with Crippen LogP contribution in [0.5, 0.6) is 0 Å². The zero-order chi connectivity index (χ0) is 15.3. The quantitative estimate of drug-likeness (QED) is 0.801. The Kier molecular flexibility index (Phi) is 6.00. The van der Waals surface area contributed by atoms with E-state index in [-0.39, 0.29) is 5.91 Å². The van der Waals surface area contributed by atoms with E-state index in [1.807, 2.05) is 6.92 Å². The average Bonchev–Trinajstić information content (AvgIpc) is 2.26. The molecule has 0 atom stereocenters. The molecule has 0 radical (unpaired) electrons. The van der Waals surface area contributed by atoms with E-state index in [0.717, 1.165) is 18.5 Å². The van der Waals surface area contributed by atoms with E-state index in [4.69, 9.17) is 0 Å². The molecule has 2 nitrogen and oxygen atoms in total. The van der Waals surface area contributed by atoms with Crippen LogP contribution in [0.3, 0.4) is 0 Å². The van der Waals surface area contributed by atoms with Gasteiger partial charge in [0.2, 0.25) is 5.91 Å². The molecule has 0 saturated carbocycles. The van der Waals surface area contributed by atoms with Crippen molar-refractivity contribution in [2.75, 3.05) is 6.54 Å². The van der Waals surface area contributed by atoms with E-state index >= 15 is 0 Å². The highest BCUT2D eigenvalue weighted by Crippen LogP contribution is 2.23. The third-order valence-corrected chi connectivity index (χ3v) is 3.44. The lowest BCUT2D eigenvalue weighted by Gasteiger charge is -2.12. The maximum atomic E-state index is 11.9. The van der Waals surface area contributed by atoms with E-state index in [1.54, 1.807) is 6.08 Å². The summed E-state index contributed by atoms with van der Waals surface area (Å²) in [5.74, 6) is 0.615. The number of hydrogen-bond acceptors (Lipinski definition) is 1. The first-order valence-corrected chi connectivity index (χ1v) is 7.35. The van der Waals surface area contributed by atoms with Crippen molar-refractivity contribution >= 4 is 11.5 Å². The molecule has 110 valence electrons. The van der Waals surface area contributed by atoms with Gasteiger partial charge < -0.3 is 5.32 Å². The van der Waals surface area contributed by atoms with Crippen LogP contribution in [0, 0.1) is 26.7 Å². The van der Waals surface area contributed by atoms with Crippen molar-refractivity contribution in [3.63, 3.8) is 0 Å². The first kappa shape index (κ1) is 16.5. The van der Waals surface area contributed by atoms with Gasteiger partial charge in [-0.3, -0.25) is 4.79 Å². The molecule has 1 aromatic carbocycles. The Morgan fingerprint density at radius 2 is 1.75 bits per heavy atom. The van der Waals surface area contributed by atoms with Gasteiger partial charge in [0.25, 0.3) is 0 Å². The molecule has 0 saturated heterocycles. The van der Waals surface area contributed by atoms with Crippen LogP contribution in [-0.2, 0) is 4.79 Å². The average molecular weight is 273 g/mol. The molecule has 2 heteroatoms. The normalized spacial score (nSPS) is 11.8. The Morgan fingerprint density at radius 3 is 2.25 bits per heavy atom. The van der Waals surface area contributed by atoms with Crippen molar-refractivity contribution in [3.05, 3.63) is 40.5 Å². The summed E-state index contributed by atoms with van der Waals surface area (Å²) in [7, 11) is 0. The standard InChI is InChI=1S/C18H27NO/c1-12(2)7-8-19-17(20)11-16(6)18-14(4)9-13(3)10-15(18)5/h9-12H,7-8H2,1-6H3,(H,19,20). The van der Waals surface area contributed by atoms with Gasteiger partial charge in [-0.05, 0) is 62.3 Å². The van der Waals surface area contributed by atoms with E-state index in [1.165, 1.54) is 22.3 Å². The predicted molar refractivity (Wildman–Crippen MR) is 86.8 cm³/mol. The van der Waals surface area contributed by atoms with Crippen LogP contribution >= 0.6 is 0 Å². The molecule has 0 aliphatic rings. The van der Waals surface area contributed by atoms with Crippen LogP contribution < -0.4 is 5.32 Å². The minimum Gasteiger partial charge on any atom is -0.353 e. The van der Waals surface area contributed by atoms with Gasteiger partial charge in [0.05, 0.1) is 0 Å². The largest absolute Gasteiger partial charge is 0.353 e. The van der Waals surface area contributed by atoms with Crippen LogP contribution in [0.25, 0.3) is 5.57 Å². The molecular formula is C18H27NO. The number of rotatable bonds is 5. The fourth-order valence-corrected chi connectivity index (χ4v) is 2.61. The second kappa shape index (κ2) is 7.28. The van der Waals surface area contributed by atoms with Gasteiger partial charge in [0.15, 0.2) is 0 Å².